The van der Waals surface area contributed by atoms with Crippen LogP contribution in [0, 0.1) is 17.0 Å². The third-order valence-electron chi connectivity index (χ3n) is 3.68. The zero-order valence-electron chi connectivity index (χ0n) is 11.7. The normalized spacial score (nSPS) is 17.7. The van der Waals surface area contributed by atoms with E-state index in [0.29, 0.717) is 31.3 Å². The highest BCUT2D eigenvalue weighted by Crippen LogP contribution is 2.25. The van der Waals surface area contributed by atoms with Gasteiger partial charge >= 0.3 is 0 Å². The summed E-state index contributed by atoms with van der Waals surface area (Å²) in [6.45, 7) is 3.60. The smallest absolute Gasteiger partial charge is 0.290 e. The molecule has 1 aliphatic heterocycles. The van der Waals surface area contributed by atoms with Gasteiger partial charge in [-0.2, -0.15) is 0 Å². The minimum atomic E-state index is -0.429. The summed E-state index contributed by atoms with van der Waals surface area (Å²) in [7, 11) is 1.70. The summed E-state index contributed by atoms with van der Waals surface area (Å²) in [6.07, 6.45) is 1.64. The second kappa shape index (κ2) is 6.15. The Morgan fingerprint density at radius 2 is 2.20 bits per heavy atom. The molecule has 2 heterocycles. The lowest BCUT2D eigenvalue weighted by Gasteiger charge is -2.36. The Kier molecular flexibility index (Phi) is 4.51. The molecule has 1 aliphatic rings. The molecule has 0 saturated carbocycles. The van der Waals surface area contributed by atoms with Crippen LogP contribution in [0.3, 0.4) is 0 Å². The van der Waals surface area contributed by atoms with Crippen LogP contribution >= 0.6 is 0 Å². The molecule has 0 spiro atoms. The van der Waals surface area contributed by atoms with Gasteiger partial charge in [0.05, 0.1) is 10.5 Å². The second-order valence-electron chi connectivity index (χ2n) is 4.91. The zero-order chi connectivity index (χ0) is 14.6. The number of nitro groups is 1. The van der Waals surface area contributed by atoms with Crippen molar-refractivity contribution in [3.63, 3.8) is 0 Å². The maximum atomic E-state index is 10.7. The van der Waals surface area contributed by atoms with Gasteiger partial charge in [0.1, 0.15) is 11.5 Å². The summed E-state index contributed by atoms with van der Waals surface area (Å²) < 4.78 is 11.0. The SMILES string of the molecule is COC1(CNc2ccc([N+](=O)[O-])c(C)n2)CCOCC1. The number of rotatable bonds is 5. The Morgan fingerprint density at radius 3 is 2.75 bits per heavy atom. The molecule has 0 atom stereocenters. The van der Waals surface area contributed by atoms with Crippen LogP contribution in [-0.2, 0) is 9.47 Å². The van der Waals surface area contributed by atoms with Gasteiger partial charge in [0.15, 0.2) is 0 Å². The van der Waals surface area contributed by atoms with Crippen molar-refractivity contribution in [3.8, 4) is 0 Å². The number of methoxy groups -OCH3 is 1. The monoisotopic (exact) mass is 281 g/mol. The number of ether oxygens (including phenoxy) is 2. The fourth-order valence-electron chi connectivity index (χ4n) is 2.29. The topological polar surface area (TPSA) is 86.5 Å². The molecule has 7 heteroatoms. The number of hydrogen-bond acceptors (Lipinski definition) is 6. The Balaban J connectivity index is 2.03. The molecule has 2 rings (SSSR count). The van der Waals surface area contributed by atoms with Crippen molar-refractivity contribution in [2.45, 2.75) is 25.4 Å². The van der Waals surface area contributed by atoms with E-state index in [1.54, 1.807) is 20.1 Å². The number of aryl methyl sites for hydroxylation is 1. The van der Waals surface area contributed by atoms with Gasteiger partial charge in [-0.05, 0) is 13.0 Å². The van der Waals surface area contributed by atoms with Crippen molar-refractivity contribution in [1.82, 2.24) is 4.98 Å². The fraction of sp³-hybridized carbons (Fsp3) is 0.615. The van der Waals surface area contributed by atoms with Gasteiger partial charge in [-0.3, -0.25) is 10.1 Å². The summed E-state index contributed by atoms with van der Waals surface area (Å²) >= 11 is 0. The molecule has 1 fully saturated rings. The molecule has 1 saturated heterocycles. The first kappa shape index (κ1) is 14.7. The number of aromatic nitrogens is 1. The van der Waals surface area contributed by atoms with Gasteiger partial charge < -0.3 is 14.8 Å². The average Bonchev–Trinajstić information content (AvgIpc) is 2.46. The summed E-state index contributed by atoms with van der Waals surface area (Å²) in [5, 5.41) is 13.9. The highest BCUT2D eigenvalue weighted by Gasteiger charge is 2.32. The highest BCUT2D eigenvalue weighted by molar-refractivity contribution is 5.45. The zero-order valence-corrected chi connectivity index (χ0v) is 11.7. The van der Waals surface area contributed by atoms with Crippen LogP contribution in [0.4, 0.5) is 11.5 Å². The number of anilines is 1. The predicted molar refractivity (Wildman–Crippen MR) is 73.9 cm³/mol. The fourth-order valence-corrected chi connectivity index (χ4v) is 2.29. The van der Waals surface area contributed by atoms with E-state index in [1.807, 2.05) is 0 Å². The first-order valence-corrected chi connectivity index (χ1v) is 6.55. The molecule has 7 nitrogen and oxygen atoms in total. The van der Waals surface area contributed by atoms with Gasteiger partial charge in [0.2, 0.25) is 0 Å². The number of nitrogens with one attached hydrogen (secondary N) is 1. The van der Waals surface area contributed by atoms with Gasteiger partial charge in [0, 0.05) is 45.8 Å². The molecule has 0 aliphatic carbocycles. The third-order valence-corrected chi connectivity index (χ3v) is 3.68. The lowest BCUT2D eigenvalue weighted by Crippen LogP contribution is -2.44. The van der Waals surface area contributed by atoms with Crippen LogP contribution in [0.15, 0.2) is 12.1 Å². The molecule has 0 amide bonds. The number of pyridine rings is 1. The number of nitrogens with zero attached hydrogens (tertiary/aromatic N) is 2. The van der Waals surface area contributed by atoms with Crippen molar-refractivity contribution in [2.24, 2.45) is 0 Å². The van der Waals surface area contributed by atoms with Crippen molar-refractivity contribution in [1.29, 1.82) is 0 Å². The standard InChI is InChI=1S/C13H19N3O4/c1-10-11(16(17)18)3-4-12(15-10)14-9-13(19-2)5-7-20-8-6-13/h3-4H,5-9H2,1-2H3,(H,14,15). The minimum absolute atomic E-state index is 0.0306. The van der Waals surface area contributed by atoms with E-state index in [2.05, 4.69) is 10.3 Å². The van der Waals surface area contributed by atoms with Gasteiger partial charge in [-0.15, -0.1) is 0 Å². The van der Waals surface area contributed by atoms with Gasteiger partial charge in [-0.25, -0.2) is 4.98 Å². The molecule has 0 aromatic carbocycles. The maximum absolute atomic E-state index is 10.7. The second-order valence-corrected chi connectivity index (χ2v) is 4.91. The van der Waals surface area contributed by atoms with E-state index in [9.17, 15) is 10.1 Å². The van der Waals surface area contributed by atoms with E-state index >= 15 is 0 Å². The maximum Gasteiger partial charge on any atom is 0.290 e. The van der Waals surface area contributed by atoms with Crippen molar-refractivity contribution < 1.29 is 14.4 Å². The molecule has 0 bridgehead atoms. The van der Waals surface area contributed by atoms with Crippen LogP contribution in [-0.4, -0.2) is 42.4 Å². The molecule has 1 aromatic heterocycles. The van der Waals surface area contributed by atoms with Crippen LogP contribution in [0.1, 0.15) is 18.5 Å². The Morgan fingerprint density at radius 1 is 1.50 bits per heavy atom. The Bertz CT molecular complexity index is 487. The van der Waals surface area contributed by atoms with E-state index in [-0.39, 0.29) is 11.3 Å². The highest BCUT2D eigenvalue weighted by atomic mass is 16.6. The Labute approximate surface area is 117 Å². The van der Waals surface area contributed by atoms with Crippen LogP contribution in [0.25, 0.3) is 0 Å². The van der Waals surface area contributed by atoms with Gasteiger partial charge in [0.25, 0.3) is 5.69 Å². The molecular weight excluding hydrogens is 262 g/mol. The van der Waals surface area contributed by atoms with E-state index in [4.69, 9.17) is 9.47 Å². The summed E-state index contributed by atoms with van der Waals surface area (Å²) in [5.74, 6) is 0.621. The van der Waals surface area contributed by atoms with Crippen LogP contribution in [0.5, 0.6) is 0 Å². The lowest BCUT2D eigenvalue weighted by atomic mass is 9.94. The average molecular weight is 281 g/mol. The number of hydrogen-bond donors (Lipinski definition) is 1. The first-order valence-electron chi connectivity index (χ1n) is 6.55. The third kappa shape index (κ3) is 3.23. The van der Waals surface area contributed by atoms with E-state index in [0.717, 1.165) is 12.8 Å². The Hall–Kier alpha value is -1.73. The van der Waals surface area contributed by atoms with Crippen molar-refractivity contribution in [2.75, 3.05) is 32.2 Å². The molecule has 1 N–H and O–H groups in total. The lowest BCUT2D eigenvalue weighted by molar-refractivity contribution is -0.385. The quantitative estimate of drug-likeness (QED) is 0.655. The predicted octanol–water partition coefficient (Wildman–Crippen LogP) is 1.91. The molecule has 0 unspecified atom stereocenters. The molecule has 20 heavy (non-hydrogen) atoms. The molecule has 0 radical (unpaired) electrons. The molecule has 1 aromatic rings. The van der Waals surface area contributed by atoms with Crippen molar-refractivity contribution >= 4 is 11.5 Å². The molecular formula is C13H19N3O4. The minimum Gasteiger partial charge on any atom is -0.381 e. The van der Waals surface area contributed by atoms with Crippen molar-refractivity contribution in [3.05, 3.63) is 27.9 Å². The van der Waals surface area contributed by atoms with E-state index in [1.165, 1.54) is 6.07 Å². The summed E-state index contributed by atoms with van der Waals surface area (Å²) in [4.78, 5) is 14.5. The summed E-state index contributed by atoms with van der Waals surface area (Å²) in [6, 6.07) is 3.09. The van der Waals surface area contributed by atoms with Crippen LogP contribution in [0.2, 0.25) is 0 Å². The first-order chi connectivity index (χ1) is 9.56. The largest absolute Gasteiger partial charge is 0.381 e. The van der Waals surface area contributed by atoms with E-state index < -0.39 is 4.92 Å². The molecule has 110 valence electrons. The van der Waals surface area contributed by atoms with Crippen LogP contribution < -0.4 is 5.32 Å². The summed E-state index contributed by atoms with van der Waals surface area (Å²) in [5.41, 5.74) is 0.178. The van der Waals surface area contributed by atoms with Gasteiger partial charge in [-0.1, -0.05) is 0 Å².